The Morgan fingerprint density at radius 2 is 1.87 bits per heavy atom. The first-order valence-corrected chi connectivity index (χ1v) is 5.13. The van der Waals surface area contributed by atoms with Gasteiger partial charge in [-0.15, -0.1) is 0 Å². The molecule has 0 bridgehead atoms. The number of methoxy groups -OCH3 is 2. The Balaban J connectivity index is 2.42. The quantitative estimate of drug-likeness (QED) is 0.774. The number of hydrogen-bond acceptors (Lipinski definition) is 3. The molecule has 3 nitrogen and oxygen atoms in total. The van der Waals surface area contributed by atoms with Gasteiger partial charge in [-0.2, -0.15) is 0 Å². The van der Waals surface area contributed by atoms with Gasteiger partial charge in [0.15, 0.2) is 0 Å². The van der Waals surface area contributed by atoms with E-state index in [0.717, 1.165) is 25.2 Å². The lowest BCUT2D eigenvalue weighted by molar-refractivity contribution is 0.188. The molecule has 2 N–H and O–H groups in total. The van der Waals surface area contributed by atoms with Crippen molar-refractivity contribution in [2.45, 2.75) is 18.9 Å². The van der Waals surface area contributed by atoms with Crippen molar-refractivity contribution in [3.05, 3.63) is 29.8 Å². The molecule has 0 spiro atoms. The zero-order valence-corrected chi connectivity index (χ0v) is 9.40. The van der Waals surface area contributed by atoms with Gasteiger partial charge in [0.05, 0.1) is 7.11 Å². The van der Waals surface area contributed by atoms with Crippen LogP contribution in [0.25, 0.3) is 0 Å². The Hall–Kier alpha value is -1.06. The second-order valence-corrected chi connectivity index (χ2v) is 3.59. The molecule has 0 heterocycles. The second-order valence-electron chi connectivity index (χ2n) is 3.59. The lowest BCUT2D eigenvalue weighted by atomic mass is 10.0. The van der Waals surface area contributed by atoms with Crippen molar-refractivity contribution in [1.82, 2.24) is 0 Å². The minimum absolute atomic E-state index is 0.165. The third-order valence-corrected chi connectivity index (χ3v) is 2.35. The maximum Gasteiger partial charge on any atom is 0.118 e. The van der Waals surface area contributed by atoms with Crippen molar-refractivity contribution in [3.63, 3.8) is 0 Å². The average molecular weight is 209 g/mol. The molecule has 0 saturated heterocycles. The Morgan fingerprint density at radius 3 is 2.40 bits per heavy atom. The van der Waals surface area contributed by atoms with Gasteiger partial charge in [0.1, 0.15) is 5.75 Å². The normalized spacial score (nSPS) is 12.5. The van der Waals surface area contributed by atoms with Crippen LogP contribution in [0.1, 0.15) is 12.0 Å². The molecule has 0 aromatic heterocycles. The third-order valence-electron chi connectivity index (χ3n) is 2.35. The van der Waals surface area contributed by atoms with Crippen LogP contribution in [0.4, 0.5) is 0 Å². The Morgan fingerprint density at radius 1 is 1.20 bits per heavy atom. The van der Waals surface area contributed by atoms with Gasteiger partial charge >= 0.3 is 0 Å². The molecule has 84 valence electrons. The molecule has 1 rings (SSSR count). The molecule has 0 aliphatic heterocycles. The van der Waals surface area contributed by atoms with Crippen LogP contribution in [0.3, 0.4) is 0 Å². The van der Waals surface area contributed by atoms with Crippen LogP contribution in [-0.2, 0) is 11.2 Å². The summed E-state index contributed by atoms with van der Waals surface area (Å²) in [5, 5.41) is 0. The molecular formula is C12H19NO2. The van der Waals surface area contributed by atoms with Crippen LogP contribution >= 0.6 is 0 Å². The van der Waals surface area contributed by atoms with E-state index in [9.17, 15) is 0 Å². The molecule has 1 atom stereocenters. The van der Waals surface area contributed by atoms with Crippen molar-refractivity contribution in [3.8, 4) is 5.75 Å². The zero-order chi connectivity index (χ0) is 11.1. The number of nitrogens with two attached hydrogens (primary N) is 1. The van der Waals surface area contributed by atoms with E-state index in [4.69, 9.17) is 15.2 Å². The van der Waals surface area contributed by atoms with Crippen LogP contribution in [0, 0.1) is 0 Å². The summed E-state index contributed by atoms with van der Waals surface area (Å²) < 4.78 is 10.1. The Bertz CT molecular complexity index is 271. The predicted molar refractivity (Wildman–Crippen MR) is 61.2 cm³/mol. The van der Waals surface area contributed by atoms with Crippen molar-refractivity contribution >= 4 is 0 Å². The molecule has 1 unspecified atom stereocenters. The fourth-order valence-corrected chi connectivity index (χ4v) is 1.44. The van der Waals surface area contributed by atoms with Crippen molar-refractivity contribution in [2.75, 3.05) is 20.8 Å². The topological polar surface area (TPSA) is 44.5 Å². The van der Waals surface area contributed by atoms with E-state index in [1.54, 1.807) is 14.2 Å². The molecule has 1 aromatic rings. The molecule has 0 aliphatic rings. The Kier molecular flexibility index (Phi) is 5.15. The fourth-order valence-electron chi connectivity index (χ4n) is 1.44. The summed E-state index contributed by atoms with van der Waals surface area (Å²) >= 11 is 0. The van der Waals surface area contributed by atoms with Gasteiger partial charge < -0.3 is 15.2 Å². The third kappa shape index (κ3) is 4.32. The largest absolute Gasteiger partial charge is 0.497 e. The first-order valence-electron chi connectivity index (χ1n) is 5.13. The van der Waals surface area contributed by atoms with Crippen LogP contribution in [0.5, 0.6) is 5.75 Å². The molecule has 0 aliphatic carbocycles. The van der Waals surface area contributed by atoms with E-state index in [2.05, 4.69) is 0 Å². The van der Waals surface area contributed by atoms with Gasteiger partial charge in [-0.05, 0) is 30.5 Å². The minimum atomic E-state index is 0.165. The highest BCUT2D eigenvalue weighted by molar-refractivity contribution is 5.27. The van der Waals surface area contributed by atoms with E-state index in [1.807, 2.05) is 24.3 Å². The van der Waals surface area contributed by atoms with Gasteiger partial charge in [0.2, 0.25) is 0 Å². The van der Waals surface area contributed by atoms with Gasteiger partial charge in [-0.3, -0.25) is 0 Å². The highest BCUT2D eigenvalue weighted by Crippen LogP contribution is 2.12. The highest BCUT2D eigenvalue weighted by Gasteiger charge is 2.03. The summed E-state index contributed by atoms with van der Waals surface area (Å²) in [7, 11) is 3.36. The summed E-state index contributed by atoms with van der Waals surface area (Å²) in [6.45, 7) is 0.720. The lowest BCUT2D eigenvalue weighted by Crippen LogP contribution is -2.24. The predicted octanol–water partition coefficient (Wildman–Crippen LogP) is 1.60. The van der Waals surface area contributed by atoms with Crippen molar-refractivity contribution < 1.29 is 9.47 Å². The standard InChI is InChI=1S/C12H19NO2/c1-14-8-7-11(13)9-10-3-5-12(15-2)6-4-10/h3-6,11H,7-9,13H2,1-2H3. The summed E-state index contributed by atoms with van der Waals surface area (Å²) in [4.78, 5) is 0. The van der Waals surface area contributed by atoms with Crippen LogP contribution < -0.4 is 10.5 Å². The average Bonchev–Trinajstić information content (AvgIpc) is 2.27. The molecule has 1 aromatic carbocycles. The zero-order valence-electron chi connectivity index (χ0n) is 9.40. The first-order chi connectivity index (χ1) is 7.26. The summed E-state index contributed by atoms with van der Waals surface area (Å²) in [5.74, 6) is 0.879. The summed E-state index contributed by atoms with van der Waals surface area (Å²) in [6, 6.07) is 8.17. The van der Waals surface area contributed by atoms with E-state index >= 15 is 0 Å². The first kappa shape index (κ1) is 12.0. The van der Waals surface area contributed by atoms with E-state index < -0.39 is 0 Å². The van der Waals surface area contributed by atoms with E-state index in [0.29, 0.717) is 0 Å². The van der Waals surface area contributed by atoms with Crippen molar-refractivity contribution in [2.24, 2.45) is 5.73 Å². The molecule has 15 heavy (non-hydrogen) atoms. The maximum absolute atomic E-state index is 5.95. The number of benzene rings is 1. The molecule has 3 heteroatoms. The SMILES string of the molecule is COCCC(N)Cc1ccc(OC)cc1. The summed E-state index contributed by atoms with van der Waals surface area (Å²) in [5.41, 5.74) is 7.19. The Labute approximate surface area is 91.2 Å². The minimum Gasteiger partial charge on any atom is -0.497 e. The fraction of sp³-hybridized carbons (Fsp3) is 0.500. The number of rotatable bonds is 6. The van der Waals surface area contributed by atoms with Gasteiger partial charge in [0, 0.05) is 19.8 Å². The highest BCUT2D eigenvalue weighted by atomic mass is 16.5. The van der Waals surface area contributed by atoms with E-state index in [1.165, 1.54) is 5.56 Å². The second kappa shape index (κ2) is 6.43. The molecule has 0 fully saturated rings. The lowest BCUT2D eigenvalue weighted by Gasteiger charge is -2.11. The van der Waals surface area contributed by atoms with Crippen LogP contribution in [0.2, 0.25) is 0 Å². The van der Waals surface area contributed by atoms with Crippen molar-refractivity contribution in [1.29, 1.82) is 0 Å². The maximum atomic E-state index is 5.95. The summed E-state index contributed by atoms with van der Waals surface area (Å²) in [6.07, 6.45) is 1.77. The molecular weight excluding hydrogens is 190 g/mol. The molecule has 0 radical (unpaired) electrons. The monoisotopic (exact) mass is 209 g/mol. The van der Waals surface area contributed by atoms with Gasteiger partial charge in [-0.25, -0.2) is 0 Å². The molecule has 0 amide bonds. The number of hydrogen-bond donors (Lipinski definition) is 1. The van der Waals surface area contributed by atoms with Crippen LogP contribution in [0.15, 0.2) is 24.3 Å². The van der Waals surface area contributed by atoms with E-state index in [-0.39, 0.29) is 6.04 Å². The number of ether oxygens (including phenoxy) is 2. The van der Waals surface area contributed by atoms with Gasteiger partial charge in [-0.1, -0.05) is 12.1 Å². The molecule has 0 saturated carbocycles. The van der Waals surface area contributed by atoms with Gasteiger partial charge in [0.25, 0.3) is 0 Å². The smallest absolute Gasteiger partial charge is 0.118 e. The van der Waals surface area contributed by atoms with Crippen LogP contribution in [-0.4, -0.2) is 26.9 Å².